The quantitative estimate of drug-likeness (QED) is 0.757. The maximum Gasteiger partial charge on any atom is 0.144 e. The molecule has 3 nitrogen and oxygen atoms in total. The second kappa shape index (κ2) is 4.19. The first-order valence-electron chi connectivity index (χ1n) is 5.50. The molecule has 0 radical (unpaired) electrons. The average Bonchev–Trinajstić information content (AvgIpc) is 3.02. The molecule has 2 heterocycles. The maximum atomic E-state index is 9.19. The van der Waals surface area contributed by atoms with Gasteiger partial charge in [-0.25, -0.2) is 4.99 Å². The number of nitrogens with zero attached hydrogens (tertiary/aromatic N) is 2. The molecule has 3 rings (SSSR count). The Morgan fingerprint density at radius 2 is 2.41 bits per heavy atom. The largest absolute Gasteiger partial charge is 0.463 e. The van der Waals surface area contributed by atoms with Gasteiger partial charge in [0.25, 0.3) is 0 Å². The summed E-state index contributed by atoms with van der Waals surface area (Å²) < 4.78 is 5.18. The molecule has 2 aromatic heterocycles. The van der Waals surface area contributed by atoms with Crippen molar-refractivity contribution in [3.63, 3.8) is 0 Å². The van der Waals surface area contributed by atoms with Crippen molar-refractivity contribution in [2.45, 2.75) is 19.3 Å². The third-order valence-electron chi connectivity index (χ3n) is 2.87. The Morgan fingerprint density at radius 1 is 1.47 bits per heavy atom. The van der Waals surface area contributed by atoms with Gasteiger partial charge in [-0.3, -0.25) is 0 Å². The molecule has 84 valence electrons. The number of aliphatic imine (C=N–C) groups is 1. The van der Waals surface area contributed by atoms with Crippen LogP contribution in [0.4, 0.5) is 5.00 Å². The lowest BCUT2D eigenvalue weighted by molar-refractivity contribution is 0.560. The van der Waals surface area contributed by atoms with Gasteiger partial charge in [-0.2, -0.15) is 5.26 Å². The number of aryl methyl sites for hydroxylation is 1. The summed E-state index contributed by atoms with van der Waals surface area (Å²) in [5.74, 6) is 0.711. The van der Waals surface area contributed by atoms with Gasteiger partial charge in [0.15, 0.2) is 0 Å². The third kappa shape index (κ3) is 1.79. The molecule has 17 heavy (non-hydrogen) atoms. The van der Waals surface area contributed by atoms with Crippen molar-refractivity contribution >= 4 is 22.6 Å². The van der Waals surface area contributed by atoms with Crippen LogP contribution in [0.3, 0.4) is 0 Å². The lowest BCUT2D eigenvalue weighted by Gasteiger charge is -1.91. The fraction of sp³-hybridized carbons (Fsp3) is 0.231. The van der Waals surface area contributed by atoms with E-state index in [1.54, 1.807) is 23.8 Å². The van der Waals surface area contributed by atoms with E-state index in [0.717, 1.165) is 29.8 Å². The molecule has 0 aromatic carbocycles. The van der Waals surface area contributed by atoms with Crippen LogP contribution in [0.2, 0.25) is 0 Å². The van der Waals surface area contributed by atoms with E-state index < -0.39 is 0 Å². The van der Waals surface area contributed by atoms with Gasteiger partial charge in [-0.1, -0.05) is 0 Å². The van der Waals surface area contributed by atoms with Gasteiger partial charge < -0.3 is 4.42 Å². The predicted octanol–water partition coefficient (Wildman–Crippen LogP) is 3.45. The van der Waals surface area contributed by atoms with Gasteiger partial charge in [0.05, 0.1) is 18.0 Å². The van der Waals surface area contributed by atoms with Crippen molar-refractivity contribution in [1.82, 2.24) is 0 Å². The number of furan rings is 1. The van der Waals surface area contributed by atoms with E-state index in [-0.39, 0.29) is 0 Å². The molecule has 0 saturated heterocycles. The topological polar surface area (TPSA) is 49.3 Å². The third-order valence-corrected chi connectivity index (χ3v) is 4.07. The molecule has 1 aliphatic rings. The number of hydrogen-bond acceptors (Lipinski definition) is 4. The summed E-state index contributed by atoms with van der Waals surface area (Å²) in [4.78, 5) is 5.69. The molecule has 0 bridgehead atoms. The molecule has 0 fully saturated rings. The van der Waals surface area contributed by atoms with Crippen LogP contribution in [0.25, 0.3) is 0 Å². The Bertz CT molecular complexity index is 602. The Morgan fingerprint density at radius 3 is 3.18 bits per heavy atom. The number of hydrogen-bond donors (Lipinski definition) is 0. The van der Waals surface area contributed by atoms with Crippen LogP contribution in [0.15, 0.2) is 27.8 Å². The van der Waals surface area contributed by atoms with Gasteiger partial charge in [0.2, 0.25) is 0 Å². The highest BCUT2D eigenvalue weighted by molar-refractivity contribution is 7.16. The van der Waals surface area contributed by atoms with E-state index in [4.69, 9.17) is 4.42 Å². The van der Waals surface area contributed by atoms with Crippen molar-refractivity contribution in [2.24, 2.45) is 4.99 Å². The summed E-state index contributed by atoms with van der Waals surface area (Å²) in [6.45, 7) is 0. The lowest BCUT2D eigenvalue weighted by Crippen LogP contribution is -1.80. The highest BCUT2D eigenvalue weighted by Gasteiger charge is 2.21. The van der Waals surface area contributed by atoms with E-state index in [9.17, 15) is 5.26 Å². The highest BCUT2D eigenvalue weighted by atomic mass is 32.1. The molecule has 0 atom stereocenters. The molecule has 2 aromatic rings. The van der Waals surface area contributed by atoms with E-state index in [1.807, 2.05) is 12.1 Å². The second-order valence-corrected chi connectivity index (χ2v) is 5.01. The minimum Gasteiger partial charge on any atom is -0.463 e. The maximum absolute atomic E-state index is 9.19. The minimum atomic E-state index is 0.711. The van der Waals surface area contributed by atoms with Crippen molar-refractivity contribution < 1.29 is 4.42 Å². The molecular weight excluding hydrogens is 232 g/mol. The van der Waals surface area contributed by atoms with Crippen LogP contribution in [-0.2, 0) is 12.8 Å². The molecule has 0 saturated carbocycles. The Kier molecular flexibility index (Phi) is 2.54. The van der Waals surface area contributed by atoms with E-state index in [1.165, 1.54) is 10.4 Å². The second-order valence-electron chi connectivity index (χ2n) is 3.92. The van der Waals surface area contributed by atoms with Crippen molar-refractivity contribution in [3.05, 3.63) is 40.2 Å². The van der Waals surface area contributed by atoms with Gasteiger partial charge >= 0.3 is 0 Å². The molecule has 1 aliphatic carbocycles. The van der Waals surface area contributed by atoms with Crippen LogP contribution in [0, 0.1) is 11.3 Å². The summed E-state index contributed by atoms with van der Waals surface area (Å²) in [5.41, 5.74) is 1.97. The van der Waals surface area contributed by atoms with E-state index in [2.05, 4.69) is 11.1 Å². The Balaban J connectivity index is 1.97. The predicted molar refractivity (Wildman–Crippen MR) is 67.0 cm³/mol. The van der Waals surface area contributed by atoms with Gasteiger partial charge in [-0.05, 0) is 37.0 Å². The van der Waals surface area contributed by atoms with Crippen LogP contribution < -0.4 is 0 Å². The van der Waals surface area contributed by atoms with Crippen molar-refractivity contribution in [2.75, 3.05) is 0 Å². The standard InChI is InChI=1S/C13H10N2OS/c14-7-11-10-4-1-5-12(10)17-13(11)15-8-9-3-2-6-16-9/h2-3,6,8H,1,4-5H2. The van der Waals surface area contributed by atoms with Crippen molar-refractivity contribution in [1.29, 1.82) is 5.26 Å². The minimum absolute atomic E-state index is 0.711. The number of fused-ring (bicyclic) bond motifs is 1. The lowest BCUT2D eigenvalue weighted by atomic mass is 10.1. The zero-order valence-corrected chi connectivity index (χ0v) is 9.96. The normalized spacial score (nSPS) is 14.1. The van der Waals surface area contributed by atoms with Crippen LogP contribution in [0.1, 0.15) is 28.2 Å². The Labute approximate surface area is 103 Å². The first kappa shape index (κ1) is 10.3. The van der Waals surface area contributed by atoms with Crippen LogP contribution in [-0.4, -0.2) is 6.21 Å². The van der Waals surface area contributed by atoms with Crippen LogP contribution >= 0.6 is 11.3 Å². The SMILES string of the molecule is N#Cc1c(N=Cc2ccco2)sc2c1CCC2. The highest BCUT2D eigenvalue weighted by Crippen LogP contribution is 2.40. The van der Waals surface area contributed by atoms with Gasteiger partial charge in [-0.15, -0.1) is 11.3 Å². The fourth-order valence-electron chi connectivity index (χ4n) is 2.08. The van der Waals surface area contributed by atoms with Gasteiger partial charge in [0, 0.05) is 4.88 Å². The Hall–Kier alpha value is -1.86. The number of nitriles is 1. The zero-order chi connectivity index (χ0) is 11.7. The fourth-order valence-corrected chi connectivity index (χ4v) is 3.27. The molecule has 0 amide bonds. The molecule has 0 N–H and O–H groups in total. The summed E-state index contributed by atoms with van der Waals surface area (Å²) in [6.07, 6.45) is 6.55. The first-order valence-corrected chi connectivity index (χ1v) is 6.32. The smallest absolute Gasteiger partial charge is 0.144 e. The van der Waals surface area contributed by atoms with E-state index >= 15 is 0 Å². The van der Waals surface area contributed by atoms with Gasteiger partial charge in [0.1, 0.15) is 16.8 Å². The van der Waals surface area contributed by atoms with E-state index in [0.29, 0.717) is 5.76 Å². The van der Waals surface area contributed by atoms with Crippen molar-refractivity contribution in [3.8, 4) is 6.07 Å². The monoisotopic (exact) mass is 242 g/mol. The molecule has 4 heteroatoms. The molecular formula is C13H10N2OS. The summed E-state index contributed by atoms with van der Waals surface area (Å²) in [6, 6.07) is 5.94. The number of rotatable bonds is 2. The average molecular weight is 242 g/mol. The summed E-state index contributed by atoms with van der Waals surface area (Å²) in [7, 11) is 0. The first-order chi connectivity index (χ1) is 8.38. The summed E-state index contributed by atoms with van der Waals surface area (Å²) in [5, 5.41) is 10.0. The molecule has 0 spiro atoms. The molecule has 0 unspecified atom stereocenters. The van der Waals surface area contributed by atoms with Crippen LogP contribution in [0.5, 0.6) is 0 Å². The summed E-state index contributed by atoms with van der Waals surface area (Å²) >= 11 is 1.63. The molecule has 0 aliphatic heterocycles. The zero-order valence-electron chi connectivity index (χ0n) is 9.14. The number of thiophene rings is 1.